The number of urea groups is 1. The van der Waals surface area contributed by atoms with E-state index in [4.69, 9.17) is 9.47 Å². The Morgan fingerprint density at radius 2 is 2.07 bits per heavy atom. The van der Waals surface area contributed by atoms with E-state index in [0.29, 0.717) is 23.0 Å². The molecule has 3 aromatic rings. The first kappa shape index (κ1) is 18.2. The van der Waals surface area contributed by atoms with Gasteiger partial charge in [0.1, 0.15) is 0 Å². The molecule has 2 N–H and O–H groups in total. The highest BCUT2D eigenvalue weighted by molar-refractivity contribution is 5.89. The molecule has 0 bridgehead atoms. The standard InChI is InChI=1S/C20H20N6O4/c27-19(23-14-3-6-16-17(10-14)30-12-29-16)22-8-9-25-20(28)26(15-4-5-15)18(24-25)13-2-1-7-21-11-13/h1-3,6-7,10-11,15H,4-5,8-9,12H2,(H2,22,23,27). The number of rotatable bonds is 6. The van der Waals surface area contributed by atoms with Crippen molar-refractivity contribution in [1.29, 1.82) is 0 Å². The van der Waals surface area contributed by atoms with E-state index in [1.165, 1.54) is 4.68 Å². The molecular weight excluding hydrogens is 388 g/mol. The molecule has 2 aromatic heterocycles. The Bertz CT molecular complexity index is 1140. The summed E-state index contributed by atoms with van der Waals surface area (Å²) in [6, 6.07) is 8.67. The summed E-state index contributed by atoms with van der Waals surface area (Å²) in [6.45, 7) is 0.694. The lowest BCUT2D eigenvalue weighted by Gasteiger charge is -2.08. The van der Waals surface area contributed by atoms with E-state index in [-0.39, 0.29) is 37.6 Å². The van der Waals surface area contributed by atoms with E-state index >= 15 is 0 Å². The van der Waals surface area contributed by atoms with Crippen molar-refractivity contribution in [2.45, 2.75) is 25.4 Å². The van der Waals surface area contributed by atoms with Crippen molar-refractivity contribution >= 4 is 11.7 Å². The SMILES string of the molecule is O=C(NCCn1nc(-c2cccnc2)n(C2CC2)c1=O)Nc1ccc2c(c1)OCO2. The molecule has 10 heteroatoms. The van der Waals surface area contributed by atoms with Crippen LogP contribution in [0.5, 0.6) is 11.5 Å². The van der Waals surface area contributed by atoms with Crippen LogP contribution in [0.25, 0.3) is 11.4 Å². The maximum Gasteiger partial charge on any atom is 0.346 e. The van der Waals surface area contributed by atoms with E-state index in [9.17, 15) is 9.59 Å². The quantitative estimate of drug-likeness (QED) is 0.645. The molecule has 2 aliphatic rings. The molecule has 30 heavy (non-hydrogen) atoms. The van der Waals surface area contributed by atoms with Crippen LogP contribution in [0.1, 0.15) is 18.9 Å². The number of fused-ring (bicyclic) bond motifs is 1. The largest absolute Gasteiger partial charge is 0.454 e. The highest BCUT2D eigenvalue weighted by Crippen LogP contribution is 2.36. The summed E-state index contributed by atoms with van der Waals surface area (Å²) in [5.41, 5.74) is 1.22. The lowest BCUT2D eigenvalue weighted by Crippen LogP contribution is -2.34. The van der Waals surface area contributed by atoms with E-state index in [0.717, 1.165) is 18.4 Å². The van der Waals surface area contributed by atoms with Crippen molar-refractivity contribution < 1.29 is 14.3 Å². The molecular formula is C20H20N6O4. The lowest BCUT2D eigenvalue weighted by molar-refractivity contribution is 0.174. The number of aromatic nitrogens is 4. The van der Waals surface area contributed by atoms with Crippen molar-refractivity contribution in [3.63, 3.8) is 0 Å². The molecule has 10 nitrogen and oxygen atoms in total. The molecule has 1 fully saturated rings. The van der Waals surface area contributed by atoms with Crippen molar-refractivity contribution in [2.75, 3.05) is 18.7 Å². The second-order valence-electron chi connectivity index (χ2n) is 7.12. The van der Waals surface area contributed by atoms with Crippen LogP contribution in [-0.2, 0) is 6.54 Å². The second kappa shape index (κ2) is 7.54. The Morgan fingerprint density at radius 3 is 2.87 bits per heavy atom. The third-order valence-corrected chi connectivity index (χ3v) is 4.94. The number of nitrogens with one attached hydrogen (secondary N) is 2. The van der Waals surface area contributed by atoms with Gasteiger partial charge in [-0.2, -0.15) is 0 Å². The van der Waals surface area contributed by atoms with E-state index in [2.05, 4.69) is 20.7 Å². The summed E-state index contributed by atoms with van der Waals surface area (Å²) < 4.78 is 13.7. The van der Waals surface area contributed by atoms with Crippen LogP contribution in [-0.4, -0.2) is 38.7 Å². The van der Waals surface area contributed by atoms with Crippen LogP contribution in [0.2, 0.25) is 0 Å². The molecule has 0 unspecified atom stereocenters. The second-order valence-corrected chi connectivity index (χ2v) is 7.12. The normalized spacial score (nSPS) is 14.5. The highest BCUT2D eigenvalue weighted by atomic mass is 16.7. The fourth-order valence-electron chi connectivity index (χ4n) is 3.34. The molecule has 0 atom stereocenters. The van der Waals surface area contributed by atoms with Crippen molar-refractivity contribution in [3.05, 3.63) is 53.2 Å². The van der Waals surface area contributed by atoms with Crippen LogP contribution in [0.4, 0.5) is 10.5 Å². The van der Waals surface area contributed by atoms with Gasteiger partial charge in [0.25, 0.3) is 0 Å². The number of ether oxygens (including phenoxy) is 2. The van der Waals surface area contributed by atoms with Crippen LogP contribution < -0.4 is 25.8 Å². The van der Waals surface area contributed by atoms with E-state index < -0.39 is 0 Å². The minimum Gasteiger partial charge on any atom is -0.454 e. The summed E-state index contributed by atoms with van der Waals surface area (Å²) in [6.07, 6.45) is 5.31. The number of carbonyl (C=O) groups excluding carboxylic acids is 1. The lowest BCUT2D eigenvalue weighted by atomic mass is 10.3. The fourth-order valence-corrected chi connectivity index (χ4v) is 3.34. The molecule has 0 radical (unpaired) electrons. The number of hydrogen-bond acceptors (Lipinski definition) is 6. The van der Waals surface area contributed by atoms with Gasteiger partial charge in [0.15, 0.2) is 17.3 Å². The van der Waals surface area contributed by atoms with Gasteiger partial charge in [-0.05, 0) is 37.1 Å². The van der Waals surface area contributed by atoms with Crippen LogP contribution in [0.15, 0.2) is 47.5 Å². The van der Waals surface area contributed by atoms with Gasteiger partial charge in [0.05, 0.1) is 6.54 Å². The third-order valence-electron chi connectivity index (χ3n) is 4.94. The van der Waals surface area contributed by atoms with Crippen molar-refractivity contribution in [2.24, 2.45) is 0 Å². The van der Waals surface area contributed by atoms with Crippen LogP contribution in [0.3, 0.4) is 0 Å². The molecule has 1 aliphatic heterocycles. The Hall–Kier alpha value is -3.82. The van der Waals surface area contributed by atoms with E-state index in [1.807, 2.05) is 12.1 Å². The Balaban J connectivity index is 1.23. The highest BCUT2D eigenvalue weighted by Gasteiger charge is 2.30. The monoisotopic (exact) mass is 408 g/mol. The van der Waals surface area contributed by atoms with Crippen molar-refractivity contribution in [3.8, 4) is 22.9 Å². The number of pyridine rings is 1. The topological polar surface area (TPSA) is 112 Å². The summed E-state index contributed by atoms with van der Waals surface area (Å²) in [7, 11) is 0. The molecule has 0 saturated heterocycles. The molecule has 5 rings (SSSR count). The van der Waals surface area contributed by atoms with Crippen molar-refractivity contribution in [1.82, 2.24) is 24.6 Å². The summed E-state index contributed by atoms with van der Waals surface area (Å²) in [5.74, 6) is 1.85. The predicted octanol–water partition coefficient (Wildman–Crippen LogP) is 1.99. The Labute approximate surface area is 171 Å². The minimum atomic E-state index is -0.379. The van der Waals surface area contributed by atoms with Gasteiger partial charge in [-0.3, -0.25) is 9.55 Å². The average molecular weight is 408 g/mol. The average Bonchev–Trinajstić information content (AvgIpc) is 3.39. The van der Waals surface area contributed by atoms with Gasteiger partial charge in [-0.1, -0.05) is 0 Å². The zero-order valence-corrected chi connectivity index (χ0v) is 16.1. The zero-order valence-electron chi connectivity index (χ0n) is 16.1. The summed E-state index contributed by atoms with van der Waals surface area (Å²) >= 11 is 0. The first-order valence-electron chi connectivity index (χ1n) is 9.73. The fraction of sp³-hybridized carbons (Fsp3) is 0.300. The molecule has 1 aliphatic carbocycles. The number of amides is 2. The van der Waals surface area contributed by atoms with Gasteiger partial charge in [-0.15, -0.1) is 5.10 Å². The molecule has 154 valence electrons. The van der Waals surface area contributed by atoms with Gasteiger partial charge < -0.3 is 20.1 Å². The smallest absolute Gasteiger partial charge is 0.346 e. The van der Waals surface area contributed by atoms with Gasteiger partial charge in [0, 0.05) is 42.3 Å². The van der Waals surface area contributed by atoms with Crippen LogP contribution >= 0.6 is 0 Å². The molecule has 0 spiro atoms. The van der Waals surface area contributed by atoms with E-state index in [1.54, 1.807) is 35.2 Å². The number of anilines is 1. The molecule has 2 amide bonds. The first-order valence-corrected chi connectivity index (χ1v) is 9.73. The van der Waals surface area contributed by atoms with Gasteiger partial charge in [-0.25, -0.2) is 14.3 Å². The third kappa shape index (κ3) is 3.59. The summed E-state index contributed by atoms with van der Waals surface area (Å²) in [5, 5.41) is 9.97. The first-order chi connectivity index (χ1) is 14.7. The molecule has 1 saturated carbocycles. The maximum absolute atomic E-state index is 12.8. The molecule has 1 aromatic carbocycles. The van der Waals surface area contributed by atoms with Gasteiger partial charge >= 0.3 is 11.7 Å². The van der Waals surface area contributed by atoms with Gasteiger partial charge in [0.2, 0.25) is 6.79 Å². The Kier molecular flexibility index (Phi) is 4.58. The summed E-state index contributed by atoms with van der Waals surface area (Å²) in [4.78, 5) is 29.1. The predicted molar refractivity (Wildman–Crippen MR) is 108 cm³/mol. The molecule has 3 heterocycles. The number of benzene rings is 1. The van der Waals surface area contributed by atoms with Crippen LogP contribution in [0, 0.1) is 0 Å². The maximum atomic E-state index is 12.8. The number of nitrogens with zero attached hydrogens (tertiary/aromatic N) is 4. The number of carbonyl (C=O) groups is 1. The number of hydrogen-bond donors (Lipinski definition) is 2. The minimum absolute atomic E-state index is 0.172. The Morgan fingerprint density at radius 1 is 1.20 bits per heavy atom. The zero-order chi connectivity index (χ0) is 20.5.